The number of aromatic nitrogens is 1. The Hall–Kier alpha value is -2.66. The van der Waals surface area contributed by atoms with Gasteiger partial charge < -0.3 is 10.6 Å². The van der Waals surface area contributed by atoms with Gasteiger partial charge in [-0.05, 0) is 60.2 Å². The maximum absolute atomic E-state index is 12.1. The summed E-state index contributed by atoms with van der Waals surface area (Å²) in [7, 11) is 0. The Kier molecular flexibility index (Phi) is 4.91. The first-order valence-electron chi connectivity index (χ1n) is 7.72. The van der Waals surface area contributed by atoms with Crippen molar-refractivity contribution in [2.45, 2.75) is 20.4 Å². The maximum atomic E-state index is 12.1. The zero-order chi connectivity index (χ0) is 16.9. The number of urea groups is 1. The fourth-order valence-corrected chi connectivity index (χ4v) is 3.05. The molecule has 0 unspecified atom stereocenters. The van der Waals surface area contributed by atoms with Crippen LogP contribution in [0.4, 0.5) is 10.5 Å². The summed E-state index contributed by atoms with van der Waals surface area (Å²) in [6, 6.07) is 11.8. The van der Waals surface area contributed by atoms with Crippen LogP contribution in [0.2, 0.25) is 0 Å². The highest BCUT2D eigenvalue weighted by molar-refractivity contribution is 7.13. The van der Waals surface area contributed by atoms with Gasteiger partial charge in [-0.2, -0.15) is 0 Å². The number of hydrogen-bond donors (Lipinski definition) is 2. The summed E-state index contributed by atoms with van der Waals surface area (Å²) in [4.78, 5) is 17.5. The van der Waals surface area contributed by atoms with Crippen molar-refractivity contribution < 1.29 is 4.79 Å². The van der Waals surface area contributed by atoms with Crippen molar-refractivity contribution in [1.82, 2.24) is 10.3 Å². The van der Waals surface area contributed by atoms with Gasteiger partial charge in [0.05, 0.1) is 0 Å². The molecule has 0 saturated carbocycles. The van der Waals surface area contributed by atoms with Crippen molar-refractivity contribution in [2.24, 2.45) is 0 Å². The van der Waals surface area contributed by atoms with E-state index < -0.39 is 0 Å². The third-order valence-electron chi connectivity index (χ3n) is 3.82. The van der Waals surface area contributed by atoms with Gasteiger partial charge in [0, 0.05) is 35.1 Å². The maximum Gasteiger partial charge on any atom is 0.319 e. The third kappa shape index (κ3) is 4.00. The molecule has 1 aromatic carbocycles. The van der Waals surface area contributed by atoms with Crippen LogP contribution >= 0.6 is 11.3 Å². The molecule has 3 aromatic rings. The van der Waals surface area contributed by atoms with Gasteiger partial charge in [-0.15, -0.1) is 11.3 Å². The van der Waals surface area contributed by atoms with Gasteiger partial charge in [-0.3, -0.25) is 4.98 Å². The van der Waals surface area contributed by atoms with Gasteiger partial charge in [0.15, 0.2) is 0 Å². The quantitative estimate of drug-likeness (QED) is 0.722. The number of aryl methyl sites for hydroxylation is 2. The predicted molar refractivity (Wildman–Crippen MR) is 99.3 cm³/mol. The van der Waals surface area contributed by atoms with Gasteiger partial charge in [-0.25, -0.2) is 4.79 Å². The van der Waals surface area contributed by atoms with E-state index in [0.717, 1.165) is 22.4 Å². The summed E-state index contributed by atoms with van der Waals surface area (Å²) in [5.74, 6) is 0. The number of rotatable bonds is 4. The number of carbonyl (C=O) groups is 1. The van der Waals surface area contributed by atoms with Crippen LogP contribution in [-0.2, 0) is 6.54 Å². The normalized spacial score (nSPS) is 10.4. The number of hydrogen-bond acceptors (Lipinski definition) is 3. The van der Waals surface area contributed by atoms with Crippen LogP contribution in [0.25, 0.3) is 10.4 Å². The minimum atomic E-state index is -0.222. The van der Waals surface area contributed by atoms with Crippen molar-refractivity contribution in [3.05, 3.63) is 70.9 Å². The van der Waals surface area contributed by atoms with Crippen LogP contribution in [0, 0.1) is 13.8 Å². The van der Waals surface area contributed by atoms with Crippen LogP contribution in [-0.4, -0.2) is 11.0 Å². The van der Waals surface area contributed by atoms with Crippen molar-refractivity contribution >= 4 is 23.1 Å². The Morgan fingerprint density at radius 1 is 1.12 bits per heavy atom. The number of thiophene rings is 1. The highest BCUT2D eigenvalue weighted by Crippen LogP contribution is 2.24. The lowest BCUT2D eigenvalue weighted by Gasteiger charge is -2.09. The molecule has 122 valence electrons. The molecule has 0 saturated heterocycles. The molecule has 0 fully saturated rings. The van der Waals surface area contributed by atoms with Gasteiger partial charge in [0.1, 0.15) is 0 Å². The number of pyridine rings is 1. The molecule has 2 amide bonds. The lowest BCUT2D eigenvalue weighted by atomic mass is 10.1. The van der Waals surface area contributed by atoms with Crippen LogP contribution in [0.3, 0.4) is 0 Å². The largest absolute Gasteiger partial charge is 0.334 e. The SMILES string of the molecule is Cc1ccc(NC(=O)NCc2cncc(-c3cccs3)c2)cc1C. The summed E-state index contributed by atoms with van der Waals surface area (Å²) in [5, 5.41) is 7.76. The number of nitrogens with zero attached hydrogens (tertiary/aromatic N) is 1. The number of nitrogens with one attached hydrogen (secondary N) is 2. The van der Waals surface area contributed by atoms with E-state index in [9.17, 15) is 4.79 Å². The first-order valence-corrected chi connectivity index (χ1v) is 8.60. The molecule has 0 aliphatic rings. The fourth-order valence-electron chi connectivity index (χ4n) is 2.34. The van der Waals surface area contributed by atoms with E-state index in [-0.39, 0.29) is 6.03 Å². The summed E-state index contributed by atoms with van der Waals surface area (Å²) in [5.41, 5.74) is 5.19. The minimum Gasteiger partial charge on any atom is -0.334 e. The second kappa shape index (κ2) is 7.27. The number of anilines is 1. The Morgan fingerprint density at radius 2 is 2.00 bits per heavy atom. The lowest BCUT2D eigenvalue weighted by Crippen LogP contribution is -2.28. The van der Waals surface area contributed by atoms with Crippen LogP contribution < -0.4 is 10.6 Å². The van der Waals surface area contributed by atoms with Gasteiger partial charge in [-0.1, -0.05) is 12.1 Å². The lowest BCUT2D eigenvalue weighted by molar-refractivity contribution is 0.251. The van der Waals surface area contributed by atoms with E-state index in [4.69, 9.17) is 0 Å². The Morgan fingerprint density at radius 3 is 2.75 bits per heavy atom. The smallest absolute Gasteiger partial charge is 0.319 e. The molecule has 0 aliphatic carbocycles. The number of benzene rings is 1. The Balaban J connectivity index is 1.60. The standard InChI is InChI=1S/C19H19N3OS/c1-13-5-6-17(8-14(13)2)22-19(23)21-11-15-9-16(12-20-10-15)18-4-3-7-24-18/h3-10,12H,11H2,1-2H3,(H2,21,22,23). The molecule has 24 heavy (non-hydrogen) atoms. The summed E-state index contributed by atoms with van der Waals surface area (Å²) >= 11 is 1.67. The van der Waals surface area contributed by atoms with Gasteiger partial charge in [0.25, 0.3) is 0 Å². The van der Waals surface area contributed by atoms with Gasteiger partial charge in [0.2, 0.25) is 0 Å². The second-order valence-electron chi connectivity index (χ2n) is 5.67. The zero-order valence-corrected chi connectivity index (χ0v) is 14.5. The zero-order valence-electron chi connectivity index (χ0n) is 13.7. The molecule has 2 N–H and O–H groups in total. The average Bonchev–Trinajstić information content (AvgIpc) is 3.11. The molecule has 0 aliphatic heterocycles. The second-order valence-corrected chi connectivity index (χ2v) is 6.61. The molecule has 0 atom stereocenters. The summed E-state index contributed by atoms with van der Waals surface area (Å²) in [6.45, 7) is 4.51. The summed E-state index contributed by atoms with van der Waals surface area (Å²) in [6.07, 6.45) is 3.61. The van der Waals surface area contributed by atoms with Crippen molar-refractivity contribution in [2.75, 3.05) is 5.32 Å². The monoisotopic (exact) mass is 337 g/mol. The van der Waals surface area contributed by atoms with E-state index in [2.05, 4.69) is 27.8 Å². The predicted octanol–water partition coefficient (Wildman–Crippen LogP) is 4.75. The van der Waals surface area contributed by atoms with Crippen LogP contribution in [0.5, 0.6) is 0 Å². The summed E-state index contributed by atoms with van der Waals surface area (Å²) < 4.78 is 0. The molecule has 0 bridgehead atoms. The molecular formula is C19H19N3OS. The molecule has 5 heteroatoms. The van der Waals surface area contributed by atoms with E-state index in [0.29, 0.717) is 6.54 Å². The van der Waals surface area contributed by atoms with Gasteiger partial charge >= 0.3 is 6.03 Å². The highest BCUT2D eigenvalue weighted by atomic mass is 32.1. The molecule has 0 spiro atoms. The Labute approximate surface area is 145 Å². The molecule has 3 rings (SSSR count). The molecular weight excluding hydrogens is 318 g/mol. The average molecular weight is 337 g/mol. The molecule has 2 heterocycles. The van der Waals surface area contributed by atoms with Crippen LogP contribution in [0.15, 0.2) is 54.2 Å². The minimum absolute atomic E-state index is 0.222. The fraction of sp³-hybridized carbons (Fsp3) is 0.158. The number of amides is 2. The van der Waals surface area contributed by atoms with E-state index in [1.165, 1.54) is 10.4 Å². The van der Waals surface area contributed by atoms with E-state index in [1.807, 2.05) is 49.7 Å². The first-order chi connectivity index (χ1) is 11.6. The van der Waals surface area contributed by atoms with Crippen molar-refractivity contribution in [3.8, 4) is 10.4 Å². The van der Waals surface area contributed by atoms with Crippen molar-refractivity contribution in [1.29, 1.82) is 0 Å². The number of carbonyl (C=O) groups excluding carboxylic acids is 1. The van der Waals surface area contributed by atoms with E-state index in [1.54, 1.807) is 17.5 Å². The topological polar surface area (TPSA) is 54.0 Å². The first kappa shape index (κ1) is 16.2. The van der Waals surface area contributed by atoms with Crippen molar-refractivity contribution in [3.63, 3.8) is 0 Å². The molecule has 4 nitrogen and oxygen atoms in total. The third-order valence-corrected chi connectivity index (χ3v) is 4.74. The van der Waals surface area contributed by atoms with E-state index >= 15 is 0 Å². The van der Waals surface area contributed by atoms with Crippen LogP contribution in [0.1, 0.15) is 16.7 Å². The highest BCUT2D eigenvalue weighted by Gasteiger charge is 2.05. The molecule has 2 aromatic heterocycles. The Bertz CT molecular complexity index is 844. The molecule has 0 radical (unpaired) electrons.